The Bertz CT molecular complexity index is 558. The van der Waals surface area contributed by atoms with Crippen LogP contribution in [0.2, 0.25) is 0 Å². The number of rotatable bonds is 0. The molecule has 2 aromatic rings. The van der Waals surface area contributed by atoms with Gasteiger partial charge in [-0.1, -0.05) is 24.3 Å². The van der Waals surface area contributed by atoms with Gasteiger partial charge in [0.05, 0.1) is 0 Å². The Hall–Kier alpha value is -1.56. The van der Waals surface area contributed by atoms with Crippen LogP contribution < -0.4 is 0 Å². The van der Waals surface area contributed by atoms with Crippen LogP contribution in [0, 0.1) is 27.7 Å². The monoisotopic (exact) mass is 264 g/mol. The summed E-state index contributed by atoms with van der Waals surface area (Å²) in [4.78, 5) is 0. The van der Waals surface area contributed by atoms with E-state index in [-0.39, 0.29) is 0 Å². The molecular weight excluding hydrogens is 240 g/mol. The number of aryl methyl sites for hydroxylation is 2. The van der Waals surface area contributed by atoms with E-state index in [0.717, 1.165) is 12.8 Å². The average Bonchev–Trinajstić information content (AvgIpc) is 2.45. The average molecular weight is 264 g/mol. The van der Waals surface area contributed by atoms with Crippen LogP contribution in [0.5, 0.6) is 0 Å². The molecule has 0 unspecified atom stereocenters. The Balaban J connectivity index is 2.17. The van der Waals surface area contributed by atoms with Gasteiger partial charge in [0.1, 0.15) is 0 Å². The first-order valence-corrected chi connectivity index (χ1v) is 7.74. The van der Waals surface area contributed by atoms with Crippen molar-refractivity contribution in [3.05, 3.63) is 68.8 Å². The van der Waals surface area contributed by atoms with Gasteiger partial charge in [0.2, 0.25) is 0 Å². The predicted molar refractivity (Wildman–Crippen MR) is 86.6 cm³/mol. The van der Waals surface area contributed by atoms with Crippen molar-refractivity contribution in [1.29, 1.82) is 0 Å². The Labute approximate surface area is 122 Å². The van der Waals surface area contributed by atoms with Crippen LogP contribution in [-0.2, 0) is 25.7 Å². The molecule has 20 heavy (non-hydrogen) atoms. The minimum absolute atomic E-state index is 1.15. The zero-order valence-corrected chi connectivity index (χ0v) is 13.1. The maximum atomic E-state index is 2.31. The molecule has 104 valence electrons. The van der Waals surface area contributed by atoms with Gasteiger partial charge in [-0.15, -0.1) is 0 Å². The van der Waals surface area contributed by atoms with Crippen LogP contribution in [0.15, 0.2) is 24.3 Å². The first-order valence-electron chi connectivity index (χ1n) is 7.74. The van der Waals surface area contributed by atoms with E-state index in [0.29, 0.717) is 0 Å². The second-order valence-electron chi connectivity index (χ2n) is 6.27. The lowest BCUT2D eigenvalue weighted by atomic mass is 9.84. The van der Waals surface area contributed by atoms with Crippen molar-refractivity contribution in [1.82, 2.24) is 0 Å². The standard InChI is InChI=1S/C20H24/c1-13-14(2)20-12-10-18-7-5-17(6-8-18)9-11-19(13)15(3)16(20)4/h5-8H,9-12H2,1-4H3. The van der Waals surface area contributed by atoms with E-state index in [1.165, 1.54) is 46.2 Å². The molecule has 0 amide bonds. The highest BCUT2D eigenvalue weighted by Crippen LogP contribution is 2.29. The summed E-state index contributed by atoms with van der Waals surface area (Å²) in [5.41, 5.74) is 12.2. The molecule has 2 aromatic carbocycles. The highest BCUT2D eigenvalue weighted by atomic mass is 14.2. The SMILES string of the molecule is Cc1c(C)c2c(C)c(C)c1CCc1ccc(cc1)CC2. The normalized spacial score (nSPS) is 14.2. The van der Waals surface area contributed by atoms with Crippen molar-refractivity contribution in [2.24, 2.45) is 0 Å². The van der Waals surface area contributed by atoms with Crippen molar-refractivity contribution in [3.63, 3.8) is 0 Å². The fraction of sp³-hybridized carbons (Fsp3) is 0.400. The smallest absolute Gasteiger partial charge is 0.0233 e. The lowest BCUT2D eigenvalue weighted by Gasteiger charge is -2.22. The van der Waals surface area contributed by atoms with Gasteiger partial charge in [-0.25, -0.2) is 0 Å². The molecule has 0 atom stereocenters. The fourth-order valence-electron chi connectivity index (χ4n) is 3.63. The van der Waals surface area contributed by atoms with E-state index in [9.17, 15) is 0 Å². The molecule has 0 heteroatoms. The molecule has 4 aliphatic carbocycles. The van der Waals surface area contributed by atoms with Crippen molar-refractivity contribution in [2.45, 2.75) is 53.4 Å². The van der Waals surface area contributed by atoms with E-state index in [1.54, 1.807) is 11.1 Å². The van der Waals surface area contributed by atoms with Gasteiger partial charge in [-0.3, -0.25) is 0 Å². The summed E-state index contributed by atoms with van der Waals surface area (Å²) in [6.45, 7) is 9.25. The first-order chi connectivity index (χ1) is 9.58. The molecule has 0 N–H and O–H groups in total. The van der Waals surface area contributed by atoms with Gasteiger partial charge in [0.25, 0.3) is 0 Å². The molecular formula is C20H24. The lowest BCUT2D eigenvalue weighted by molar-refractivity contribution is 0.880. The third-order valence-electron chi connectivity index (χ3n) is 5.29. The molecule has 0 radical (unpaired) electrons. The molecule has 0 aromatic heterocycles. The minimum Gasteiger partial charge on any atom is -0.0588 e. The Kier molecular flexibility index (Phi) is 3.41. The van der Waals surface area contributed by atoms with Crippen LogP contribution in [-0.4, -0.2) is 0 Å². The molecule has 4 aliphatic rings. The van der Waals surface area contributed by atoms with E-state index in [2.05, 4.69) is 52.0 Å². The van der Waals surface area contributed by atoms with Crippen LogP contribution in [0.1, 0.15) is 44.5 Å². The Morgan fingerprint density at radius 1 is 0.500 bits per heavy atom. The summed E-state index contributed by atoms with van der Waals surface area (Å²) in [6.07, 6.45) is 4.64. The summed E-state index contributed by atoms with van der Waals surface area (Å²) in [5.74, 6) is 0. The van der Waals surface area contributed by atoms with Crippen LogP contribution >= 0.6 is 0 Å². The topological polar surface area (TPSA) is 0 Å². The van der Waals surface area contributed by atoms with E-state index >= 15 is 0 Å². The van der Waals surface area contributed by atoms with Crippen molar-refractivity contribution < 1.29 is 0 Å². The maximum absolute atomic E-state index is 2.31. The lowest BCUT2D eigenvalue weighted by Crippen LogP contribution is -2.08. The van der Waals surface area contributed by atoms with Crippen molar-refractivity contribution >= 4 is 0 Å². The quantitative estimate of drug-likeness (QED) is 0.641. The van der Waals surface area contributed by atoms with E-state index < -0.39 is 0 Å². The molecule has 0 aliphatic heterocycles. The third kappa shape index (κ3) is 2.18. The zero-order chi connectivity index (χ0) is 14.3. The summed E-state index contributed by atoms with van der Waals surface area (Å²) < 4.78 is 0. The molecule has 6 rings (SSSR count). The zero-order valence-electron chi connectivity index (χ0n) is 13.1. The Morgan fingerprint density at radius 3 is 1.10 bits per heavy atom. The van der Waals surface area contributed by atoms with E-state index in [1.807, 2.05) is 0 Å². The highest BCUT2D eigenvalue weighted by molar-refractivity contribution is 5.50. The summed E-state index contributed by atoms with van der Waals surface area (Å²) >= 11 is 0. The maximum Gasteiger partial charge on any atom is -0.0233 e. The van der Waals surface area contributed by atoms with Crippen molar-refractivity contribution in [3.8, 4) is 0 Å². The number of hydrogen-bond donors (Lipinski definition) is 0. The van der Waals surface area contributed by atoms with Crippen LogP contribution in [0.3, 0.4) is 0 Å². The molecule has 4 bridgehead atoms. The molecule has 0 fully saturated rings. The second kappa shape index (κ2) is 5.09. The van der Waals surface area contributed by atoms with Gasteiger partial charge >= 0.3 is 0 Å². The summed E-state index contributed by atoms with van der Waals surface area (Å²) in [6, 6.07) is 9.25. The first kappa shape index (κ1) is 13.4. The Morgan fingerprint density at radius 2 is 0.800 bits per heavy atom. The molecule has 0 saturated heterocycles. The number of hydrogen-bond acceptors (Lipinski definition) is 0. The molecule has 0 saturated carbocycles. The number of benzene rings is 2. The molecule has 0 spiro atoms. The van der Waals surface area contributed by atoms with Gasteiger partial charge in [-0.2, -0.15) is 0 Å². The van der Waals surface area contributed by atoms with Gasteiger partial charge in [0.15, 0.2) is 0 Å². The summed E-state index contributed by atoms with van der Waals surface area (Å²) in [5, 5.41) is 0. The fourth-order valence-corrected chi connectivity index (χ4v) is 3.63. The largest absolute Gasteiger partial charge is 0.0588 e. The van der Waals surface area contributed by atoms with Crippen LogP contribution in [0.25, 0.3) is 0 Å². The highest BCUT2D eigenvalue weighted by Gasteiger charge is 2.15. The van der Waals surface area contributed by atoms with Gasteiger partial charge < -0.3 is 0 Å². The predicted octanol–water partition coefficient (Wildman–Crippen LogP) is 4.80. The summed E-state index contributed by atoms with van der Waals surface area (Å²) in [7, 11) is 0. The van der Waals surface area contributed by atoms with Crippen LogP contribution in [0.4, 0.5) is 0 Å². The van der Waals surface area contributed by atoms with Crippen molar-refractivity contribution in [2.75, 3.05) is 0 Å². The van der Waals surface area contributed by atoms with Gasteiger partial charge in [-0.05, 0) is 97.9 Å². The van der Waals surface area contributed by atoms with E-state index in [4.69, 9.17) is 0 Å². The molecule has 0 heterocycles. The third-order valence-corrected chi connectivity index (χ3v) is 5.29. The second-order valence-corrected chi connectivity index (χ2v) is 6.27. The van der Waals surface area contributed by atoms with Gasteiger partial charge in [0, 0.05) is 0 Å². The minimum atomic E-state index is 1.15. The molecule has 0 nitrogen and oxygen atoms in total.